The van der Waals surface area contributed by atoms with Crippen molar-refractivity contribution in [2.45, 2.75) is 45.3 Å². The van der Waals surface area contributed by atoms with Crippen molar-refractivity contribution in [3.05, 3.63) is 12.7 Å². The molecule has 3 nitrogen and oxygen atoms in total. The molecule has 0 N–H and O–H groups in total. The number of rotatable bonds is 11. The van der Waals surface area contributed by atoms with Crippen molar-refractivity contribution >= 4 is 14.3 Å². The van der Waals surface area contributed by atoms with E-state index in [9.17, 15) is 0 Å². The fraction of sp³-hybridized carbons (Fsp3) is 0.833. The molecule has 0 aromatic carbocycles. The Balaban J connectivity index is 4.37. The molecular formula is C12H26GeO3. The molecule has 0 saturated carbocycles. The van der Waals surface area contributed by atoms with E-state index in [1.165, 1.54) is 0 Å². The van der Waals surface area contributed by atoms with Gasteiger partial charge < -0.3 is 0 Å². The Labute approximate surface area is 104 Å². The van der Waals surface area contributed by atoms with Crippen molar-refractivity contribution in [3.8, 4) is 0 Å². The van der Waals surface area contributed by atoms with Gasteiger partial charge in [-0.2, -0.15) is 0 Å². The zero-order valence-electron chi connectivity index (χ0n) is 11.0. The summed E-state index contributed by atoms with van der Waals surface area (Å²) in [5, 5.41) is 0.750. The molecule has 0 aromatic rings. The van der Waals surface area contributed by atoms with Crippen LogP contribution in [-0.4, -0.2) is 34.1 Å². The topological polar surface area (TPSA) is 27.7 Å². The third-order valence-corrected chi connectivity index (χ3v) is 7.68. The van der Waals surface area contributed by atoms with E-state index in [-0.39, 0.29) is 0 Å². The minimum atomic E-state index is -3.02. The second-order valence-corrected chi connectivity index (χ2v) is 9.26. The van der Waals surface area contributed by atoms with E-state index in [0.717, 1.165) is 44.3 Å². The molecule has 0 aliphatic rings. The molecule has 0 radical (unpaired) electrons. The molecule has 0 saturated heterocycles. The number of hydrogen-bond donors (Lipinski definition) is 0. The van der Waals surface area contributed by atoms with Gasteiger partial charge in [-0.25, -0.2) is 0 Å². The summed E-state index contributed by atoms with van der Waals surface area (Å²) in [6.45, 7) is 12.2. The molecule has 16 heavy (non-hydrogen) atoms. The molecule has 0 heterocycles. The first-order valence-corrected chi connectivity index (χ1v) is 10.3. The summed E-state index contributed by atoms with van der Waals surface area (Å²) in [5.41, 5.74) is 0. The molecule has 0 atom stereocenters. The van der Waals surface area contributed by atoms with E-state index in [2.05, 4.69) is 27.4 Å². The summed E-state index contributed by atoms with van der Waals surface area (Å²) >= 11 is -3.02. The molecule has 0 bridgehead atoms. The van der Waals surface area contributed by atoms with Gasteiger partial charge in [0, 0.05) is 0 Å². The Bertz CT molecular complexity index is 152. The van der Waals surface area contributed by atoms with Crippen LogP contribution in [0.5, 0.6) is 0 Å². The first-order chi connectivity index (χ1) is 7.74. The summed E-state index contributed by atoms with van der Waals surface area (Å²) in [4.78, 5) is 0. The summed E-state index contributed by atoms with van der Waals surface area (Å²) < 4.78 is 17.7. The molecule has 0 aliphatic heterocycles. The normalized spacial score (nSPS) is 11.7. The van der Waals surface area contributed by atoms with Crippen LogP contribution < -0.4 is 0 Å². The second kappa shape index (κ2) is 10.3. The molecule has 0 aliphatic carbocycles. The van der Waals surface area contributed by atoms with Crippen molar-refractivity contribution in [2.75, 3.05) is 19.8 Å². The van der Waals surface area contributed by atoms with E-state index in [0.29, 0.717) is 0 Å². The van der Waals surface area contributed by atoms with Crippen LogP contribution in [0.2, 0.25) is 5.25 Å². The van der Waals surface area contributed by atoms with Crippen LogP contribution in [0.1, 0.15) is 40.0 Å². The van der Waals surface area contributed by atoms with Crippen molar-refractivity contribution in [1.82, 2.24) is 0 Å². The Morgan fingerprint density at radius 3 is 1.50 bits per heavy atom. The van der Waals surface area contributed by atoms with Gasteiger partial charge in [0.2, 0.25) is 0 Å². The van der Waals surface area contributed by atoms with Crippen molar-refractivity contribution in [1.29, 1.82) is 0 Å². The molecule has 0 fully saturated rings. The zero-order chi connectivity index (χ0) is 12.3. The Kier molecular flexibility index (Phi) is 10.4. The molecular weight excluding hydrogens is 265 g/mol. The Morgan fingerprint density at radius 1 is 0.875 bits per heavy atom. The van der Waals surface area contributed by atoms with Gasteiger partial charge in [0.05, 0.1) is 0 Å². The van der Waals surface area contributed by atoms with Gasteiger partial charge in [-0.3, -0.25) is 0 Å². The van der Waals surface area contributed by atoms with Crippen molar-refractivity contribution in [3.63, 3.8) is 0 Å². The number of hydrogen-bond acceptors (Lipinski definition) is 3. The molecule has 0 amide bonds. The third kappa shape index (κ3) is 6.68. The first kappa shape index (κ1) is 16.2. The third-order valence-electron chi connectivity index (χ3n) is 1.97. The van der Waals surface area contributed by atoms with Crippen LogP contribution in [-0.2, 0) is 11.3 Å². The minimum absolute atomic E-state index is 0.723. The summed E-state index contributed by atoms with van der Waals surface area (Å²) in [5.74, 6) is 0. The van der Waals surface area contributed by atoms with Gasteiger partial charge in [-0.1, -0.05) is 0 Å². The molecule has 0 unspecified atom stereocenters. The summed E-state index contributed by atoms with van der Waals surface area (Å²) in [6.07, 6.45) is 4.85. The second-order valence-electron chi connectivity index (χ2n) is 3.72. The fourth-order valence-electron chi connectivity index (χ4n) is 1.25. The van der Waals surface area contributed by atoms with Crippen LogP contribution in [0.3, 0.4) is 0 Å². The number of allylic oxidation sites excluding steroid dienone is 1. The molecule has 96 valence electrons. The van der Waals surface area contributed by atoms with Crippen LogP contribution >= 0.6 is 0 Å². The van der Waals surface area contributed by atoms with Gasteiger partial charge in [-0.05, 0) is 0 Å². The quantitative estimate of drug-likeness (QED) is 0.431. The summed E-state index contributed by atoms with van der Waals surface area (Å²) in [6, 6.07) is 0. The van der Waals surface area contributed by atoms with Gasteiger partial charge in [0.25, 0.3) is 0 Å². The monoisotopic (exact) mass is 292 g/mol. The van der Waals surface area contributed by atoms with E-state index < -0.39 is 14.3 Å². The van der Waals surface area contributed by atoms with E-state index in [1.54, 1.807) is 0 Å². The van der Waals surface area contributed by atoms with E-state index in [4.69, 9.17) is 11.3 Å². The van der Waals surface area contributed by atoms with Crippen molar-refractivity contribution in [2.24, 2.45) is 0 Å². The SMILES string of the molecule is C=C[CH2][Ge]([O]CCC)([O]CCC)[O]CCC. The maximum atomic E-state index is 5.90. The molecule has 0 rings (SSSR count). The van der Waals surface area contributed by atoms with E-state index >= 15 is 0 Å². The van der Waals surface area contributed by atoms with Crippen LogP contribution in [0.15, 0.2) is 12.7 Å². The fourth-order valence-corrected chi connectivity index (χ4v) is 6.50. The average molecular weight is 291 g/mol. The van der Waals surface area contributed by atoms with Gasteiger partial charge in [-0.15, -0.1) is 0 Å². The van der Waals surface area contributed by atoms with Gasteiger partial charge >= 0.3 is 103 Å². The van der Waals surface area contributed by atoms with Crippen LogP contribution in [0.25, 0.3) is 0 Å². The predicted octanol–water partition coefficient (Wildman–Crippen LogP) is 3.39. The Morgan fingerprint density at radius 2 is 1.25 bits per heavy atom. The maximum absolute atomic E-state index is 5.90. The average Bonchev–Trinajstić information content (AvgIpc) is 2.31. The van der Waals surface area contributed by atoms with Crippen LogP contribution in [0, 0.1) is 0 Å². The zero-order valence-corrected chi connectivity index (χ0v) is 13.1. The molecule has 4 heteroatoms. The first-order valence-electron chi connectivity index (χ1n) is 6.27. The predicted molar refractivity (Wildman–Crippen MR) is 69.5 cm³/mol. The van der Waals surface area contributed by atoms with Crippen LogP contribution in [0.4, 0.5) is 0 Å². The standard InChI is InChI=1S/C12H26GeO3/c1-5-9-13(14-10-6-2,15-11-7-3)16-12-8-4/h5H,1,6-12H2,2-4H3. The molecule has 0 spiro atoms. The van der Waals surface area contributed by atoms with Gasteiger partial charge in [0.1, 0.15) is 0 Å². The van der Waals surface area contributed by atoms with Gasteiger partial charge in [0.15, 0.2) is 0 Å². The summed E-state index contributed by atoms with van der Waals surface area (Å²) in [7, 11) is 0. The Hall–Kier alpha value is 0.163. The molecule has 0 aromatic heterocycles. The van der Waals surface area contributed by atoms with E-state index in [1.807, 2.05) is 6.08 Å². The van der Waals surface area contributed by atoms with Crippen molar-refractivity contribution < 1.29 is 11.3 Å².